The average molecular weight is 447 g/mol. The van der Waals surface area contributed by atoms with Crippen molar-refractivity contribution in [3.8, 4) is 0 Å². The van der Waals surface area contributed by atoms with E-state index in [9.17, 15) is 15.1 Å². The lowest BCUT2D eigenvalue weighted by Crippen LogP contribution is -2.40. The van der Waals surface area contributed by atoms with Crippen molar-refractivity contribution < 1.29 is 19.8 Å². The van der Waals surface area contributed by atoms with Gasteiger partial charge in [-0.1, -0.05) is 12.1 Å². The third-order valence-electron chi connectivity index (χ3n) is 6.46. The van der Waals surface area contributed by atoms with Crippen molar-refractivity contribution in [1.82, 2.24) is 9.78 Å². The Labute approximate surface area is 191 Å². The van der Waals surface area contributed by atoms with Gasteiger partial charge in [0.05, 0.1) is 34.4 Å². The fraction of sp³-hybridized carbons (Fsp3) is 0.320. The molecule has 4 aromatic rings. The summed E-state index contributed by atoms with van der Waals surface area (Å²) in [5.41, 5.74) is 3.03. The molecule has 0 atom stereocenters. The Hall–Kier alpha value is -3.65. The number of nitrogens with zero attached hydrogens (tertiary/aromatic N) is 4. The monoisotopic (exact) mass is 446 g/mol. The number of hydrogen-bond acceptors (Lipinski definition) is 5. The van der Waals surface area contributed by atoms with Gasteiger partial charge in [0, 0.05) is 42.5 Å². The number of rotatable bonds is 4. The summed E-state index contributed by atoms with van der Waals surface area (Å²) in [5, 5.41) is 30.0. The van der Waals surface area contributed by atoms with E-state index in [0.29, 0.717) is 11.2 Å². The maximum atomic E-state index is 13.1. The van der Waals surface area contributed by atoms with Crippen molar-refractivity contribution in [3.05, 3.63) is 60.4 Å². The molecule has 0 aliphatic heterocycles. The van der Waals surface area contributed by atoms with Crippen LogP contribution in [0.2, 0.25) is 0 Å². The summed E-state index contributed by atoms with van der Waals surface area (Å²) >= 11 is 0. The largest absolute Gasteiger partial charge is 0.393 e. The molecule has 170 valence electrons. The second-order valence-corrected chi connectivity index (χ2v) is 8.94. The molecular formula is C25H28N5O3+. The SMILES string of the molecule is CN(C)c1cc2nn([C@H]3CC[C@H](O)CC3)cc2cc1NC(=O)c1ccc2ccccc2[n+]1O. The number of para-hydroxylation sites is 1. The van der Waals surface area contributed by atoms with E-state index >= 15 is 0 Å². The highest BCUT2D eigenvalue weighted by Gasteiger charge is 2.25. The second-order valence-electron chi connectivity index (χ2n) is 8.94. The first kappa shape index (κ1) is 21.2. The zero-order chi connectivity index (χ0) is 23.1. The molecule has 0 bridgehead atoms. The molecule has 1 fully saturated rings. The third-order valence-corrected chi connectivity index (χ3v) is 6.46. The van der Waals surface area contributed by atoms with Gasteiger partial charge >= 0.3 is 11.6 Å². The quantitative estimate of drug-likeness (QED) is 0.329. The van der Waals surface area contributed by atoms with E-state index in [0.717, 1.165) is 52.4 Å². The van der Waals surface area contributed by atoms with Gasteiger partial charge in [-0.05, 0) is 49.9 Å². The summed E-state index contributed by atoms with van der Waals surface area (Å²) in [6, 6.07) is 14.9. The third kappa shape index (κ3) is 3.98. The number of aliphatic hydroxyl groups excluding tert-OH is 1. The number of aliphatic hydroxyl groups is 1. The number of amides is 1. The van der Waals surface area contributed by atoms with Gasteiger partial charge < -0.3 is 15.3 Å². The standard InChI is InChI=1S/C25H27N5O3/c1-28(2)24-14-20-17(15-29(27-20)18-8-10-19(31)11-9-18)13-21(24)26-25(32)23-12-7-16-5-3-4-6-22(16)30(23)33/h3-7,12-15,18-19,31H,8-11H2,1-2H3,(H-,26,32,33)/p+1/t18-,19-. The van der Waals surface area contributed by atoms with Crippen LogP contribution in [0.4, 0.5) is 11.4 Å². The lowest BCUT2D eigenvalue weighted by atomic mass is 9.93. The Morgan fingerprint density at radius 2 is 1.85 bits per heavy atom. The van der Waals surface area contributed by atoms with Crippen molar-refractivity contribution in [2.45, 2.75) is 37.8 Å². The molecule has 0 unspecified atom stereocenters. The van der Waals surface area contributed by atoms with Gasteiger partial charge in [0.25, 0.3) is 5.52 Å². The Morgan fingerprint density at radius 3 is 2.61 bits per heavy atom. The molecule has 1 aliphatic rings. The minimum absolute atomic E-state index is 0.148. The van der Waals surface area contributed by atoms with Gasteiger partial charge in [0.1, 0.15) is 0 Å². The van der Waals surface area contributed by atoms with E-state index in [1.54, 1.807) is 12.1 Å². The van der Waals surface area contributed by atoms with Crippen LogP contribution >= 0.6 is 0 Å². The topological polar surface area (TPSA) is 94.5 Å². The number of pyridine rings is 1. The number of hydrogen-bond donors (Lipinski definition) is 3. The van der Waals surface area contributed by atoms with Crippen molar-refractivity contribution in [1.29, 1.82) is 0 Å². The number of carbonyl (C=O) groups is 1. The predicted octanol–water partition coefficient (Wildman–Crippen LogP) is 3.51. The van der Waals surface area contributed by atoms with Gasteiger partial charge in [0.15, 0.2) is 0 Å². The fourth-order valence-electron chi connectivity index (χ4n) is 4.61. The van der Waals surface area contributed by atoms with E-state index < -0.39 is 5.91 Å². The summed E-state index contributed by atoms with van der Waals surface area (Å²) in [6.45, 7) is 0. The lowest BCUT2D eigenvalue weighted by molar-refractivity contribution is -0.885. The zero-order valence-corrected chi connectivity index (χ0v) is 18.8. The van der Waals surface area contributed by atoms with Gasteiger partial charge in [-0.2, -0.15) is 5.10 Å². The highest BCUT2D eigenvalue weighted by molar-refractivity contribution is 6.06. The summed E-state index contributed by atoms with van der Waals surface area (Å²) in [5.74, 6) is -0.403. The van der Waals surface area contributed by atoms with Crippen LogP contribution < -0.4 is 14.9 Å². The lowest BCUT2D eigenvalue weighted by Gasteiger charge is -2.25. The maximum absolute atomic E-state index is 13.1. The molecule has 0 spiro atoms. The van der Waals surface area contributed by atoms with Crippen LogP contribution in [0, 0.1) is 0 Å². The Bertz CT molecular complexity index is 1340. The van der Waals surface area contributed by atoms with Crippen LogP contribution in [0.25, 0.3) is 21.8 Å². The van der Waals surface area contributed by atoms with Crippen LogP contribution in [0.1, 0.15) is 42.2 Å². The predicted molar refractivity (Wildman–Crippen MR) is 127 cm³/mol. The molecule has 5 rings (SSSR count). The number of aromatic nitrogens is 3. The van der Waals surface area contributed by atoms with Gasteiger partial charge in [-0.3, -0.25) is 14.7 Å². The first-order chi connectivity index (χ1) is 15.9. The summed E-state index contributed by atoms with van der Waals surface area (Å²) in [4.78, 5) is 15.0. The Balaban J connectivity index is 1.48. The fourth-order valence-corrected chi connectivity index (χ4v) is 4.61. The highest BCUT2D eigenvalue weighted by Crippen LogP contribution is 2.33. The average Bonchev–Trinajstić information content (AvgIpc) is 3.22. The van der Waals surface area contributed by atoms with Gasteiger partial charge in [0.2, 0.25) is 0 Å². The van der Waals surface area contributed by atoms with Crippen molar-refractivity contribution in [2.75, 3.05) is 24.3 Å². The molecule has 8 nitrogen and oxygen atoms in total. The van der Waals surface area contributed by atoms with Crippen LogP contribution in [-0.2, 0) is 0 Å². The number of nitrogens with one attached hydrogen (secondary N) is 1. The molecule has 1 amide bonds. The van der Waals surface area contributed by atoms with E-state index in [1.165, 1.54) is 0 Å². The molecule has 1 saturated carbocycles. The van der Waals surface area contributed by atoms with Crippen LogP contribution in [-0.4, -0.2) is 46.2 Å². The second kappa shape index (κ2) is 8.37. The van der Waals surface area contributed by atoms with Gasteiger partial charge in [-0.25, -0.2) is 0 Å². The van der Waals surface area contributed by atoms with Gasteiger partial charge in [-0.15, -0.1) is 0 Å². The summed E-state index contributed by atoms with van der Waals surface area (Å²) in [6.07, 6.45) is 5.18. The van der Waals surface area contributed by atoms with E-state index in [-0.39, 0.29) is 17.8 Å². The first-order valence-electron chi connectivity index (χ1n) is 11.2. The van der Waals surface area contributed by atoms with E-state index in [1.807, 2.05) is 66.3 Å². The Morgan fingerprint density at radius 1 is 1.09 bits per heavy atom. The highest BCUT2D eigenvalue weighted by atomic mass is 16.5. The van der Waals surface area contributed by atoms with Crippen LogP contribution in [0.15, 0.2) is 54.7 Å². The molecular weight excluding hydrogens is 418 g/mol. The zero-order valence-electron chi connectivity index (χ0n) is 18.8. The van der Waals surface area contributed by atoms with Crippen LogP contribution in [0.5, 0.6) is 0 Å². The molecule has 8 heteroatoms. The molecule has 3 N–H and O–H groups in total. The van der Waals surface area contributed by atoms with Crippen molar-refractivity contribution in [2.24, 2.45) is 0 Å². The molecule has 2 aromatic carbocycles. The van der Waals surface area contributed by atoms with Crippen LogP contribution in [0.3, 0.4) is 0 Å². The van der Waals surface area contributed by atoms with E-state index in [2.05, 4.69) is 5.32 Å². The summed E-state index contributed by atoms with van der Waals surface area (Å²) in [7, 11) is 3.83. The van der Waals surface area contributed by atoms with Crippen molar-refractivity contribution in [3.63, 3.8) is 0 Å². The number of anilines is 2. The Kier molecular flexibility index (Phi) is 5.38. The normalized spacial score (nSPS) is 18.5. The summed E-state index contributed by atoms with van der Waals surface area (Å²) < 4.78 is 2.92. The maximum Gasteiger partial charge on any atom is 0.325 e. The molecule has 2 heterocycles. The molecule has 0 radical (unpaired) electrons. The number of benzene rings is 2. The smallest absolute Gasteiger partial charge is 0.325 e. The number of carbonyl (C=O) groups excluding carboxylic acids is 1. The van der Waals surface area contributed by atoms with Crippen molar-refractivity contribution >= 4 is 39.1 Å². The molecule has 2 aromatic heterocycles. The molecule has 1 aliphatic carbocycles. The first-order valence-corrected chi connectivity index (χ1v) is 11.2. The minimum Gasteiger partial charge on any atom is -0.393 e. The molecule has 33 heavy (non-hydrogen) atoms. The molecule has 0 saturated heterocycles. The minimum atomic E-state index is -0.403. The number of fused-ring (bicyclic) bond motifs is 2. The van der Waals surface area contributed by atoms with E-state index in [4.69, 9.17) is 5.10 Å².